The Morgan fingerprint density at radius 1 is 0.788 bits per heavy atom. The molecule has 0 spiro atoms. The first-order valence-electron chi connectivity index (χ1n) is 8.38. The zero-order chi connectivity index (χ0) is 23.0. The van der Waals surface area contributed by atoms with Crippen molar-refractivity contribution in [2.75, 3.05) is 22.9 Å². The van der Waals surface area contributed by atoms with E-state index in [4.69, 9.17) is 46.0 Å². The number of nitrogens with two attached hydrogens (primary N) is 6. The van der Waals surface area contributed by atoms with Gasteiger partial charge >= 0.3 is 5.91 Å². The molecule has 13 nitrogen and oxygen atoms in total. The summed E-state index contributed by atoms with van der Waals surface area (Å²) in [6.45, 7) is 0. The first-order chi connectivity index (χ1) is 14.7. The first-order valence-corrected chi connectivity index (χ1v) is 8.76. The molecule has 2 heterocycles. The molecular formula is C17H21Cl3N12O. The minimum absolute atomic E-state index is 0. The molecule has 176 valence electrons. The largest absolute Gasteiger partial charge is 0.384 e. The van der Waals surface area contributed by atoms with Gasteiger partial charge in [-0.3, -0.25) is 4.79 Å². The Morgan fingerprint density at radius 2 is 1.42 bits per heavy atom. The fraction of sp³-hybridized carbons (Fsp3) is 0. The summed E-state index contributed by atoms with van der Waals surface area (Å²) in [5.41, 5.74) is 32.8. The quantitative estimate of drug-likeness (QED) is 0.168. The monoisotopic (exact) mass is 514 g/mol. The Kier molecular flexibility index (Phi) is 11.9. The molecule has 0 aliphatic heterocycles. The fourth-order valence-corrected chi connectivity index (χ4v) is 2.07. The molecule has 2 aromatic heterocycles. The van der Waals surface area contributed by atoms with E-state index < -0.39 is 11.9 Å². The van der Waals surface area contributed by atoms with Crippen LogP contribution in [0.3, 0.4) is 0 Å². The van der Waals surface area contributed by atoms with Gasteiger partial charge in [0.05, 0.1) is 5.69 Å². The molecule has 16 heteroatoms. The van der Waals surface area contributed by atoms with Crippen molar-refractivity contribution < 1.29 is 4.79 Å². The van der Waals surface area contributed by atoms with Crippen LogP contribution in [0.15, 0.2) is 57.7 Å². The second-order valence-electron chi connectivity index (χ2n) is 5.65. The Bertz CT molecular complexity index is 1140. The van der Waals surface area contributed by atoms with Gasteiger partial charge in [0.1, 0.15) is 11.5 Å². The van der Waals surface area contributed by atoms with Crippen LogP contribution in [0.5, 0.6) is 0 Å². The number of anilines is 4. The van der Waals surface area contributed by atoms with Gasteiger partial charge in [0.15, 0.2) is 34.3 Å². The highest BCUT2D eigenvalue weighted by molar-refractivity contribution is 6.31. The summed E-state index contributed by atoms with van der Waals surface area (Å²) in [6.07, 6.45) is 0. The lowest BCUT2D eigenvalue weighted by atomic mass is 10.3. The smallest absolute Gasteiger partial charge is 0.302 e. The number of carbonyl (C=O) groups excluding carboxylic acids is 1. The van der Waals surface area contributed by atoms with Crippen LogP contribution in [0.25, 0.3) is 0 Å². The molecule has 0 bridgehead atoms. The van der Waals surface area contributed by atoms with E-state index in [1.54, 1.807) is 12.1 Å². The predicted octanol–water partition coefficient (Wildman–Crippen LogP) is 2.21. The van der Waals surface area contributed by atoms with Crippen molar-refractivity contribution in [2.24, 2.45) is 26.7 Å². The third-order valence-electron chi connectivity index (χ3n) is 3.29. The summed E-state index contributed by atoms with van der Waals surface area (Å²) in [4.78, 5) is 25.6. The first kappa shape index (κ1) is 29.1. The molecule has 0 saturated heterocycles. The van der Waals surface area contributed by atoms with Gasteiger partial charge in [-0.15, -0.1) is 29.9 Å². The van der Waals surface area contributed by atoms with Gasteiger partial charge in [-0.2, -0.15) is 10.1 Å². The Morgan fingerprint density at radius 3 is 2.00 bits per heavy atom. The van der Waals surface area contributed by atoms with Gasteiger partial charge in [0.25, 0.3) is 0 Å². The molecular weight excluding hydrogens is 495 g/mol. The lowest BCUT2D eigenvalue weighted by Gasteiger charge is -2.02. The van der Waals surface area contributed by atoms with Crippen molar-refractivity contribution in [2.45, 2.75) is 0 Å². The van der Waals surface area contributed by atoms with E-state index in [1.807, 2.05) is 30.3 Å². The van der Waals surface area contributed by atoms with E-state index in [1.165, 1.54) is 0 Å². The average Bonchev–Trinajstić information content (AvgIpc) is 2.71. The van der Waals surface area contributed by atoms with E-state index in [2.05, 4.69) is 30.2 Å². The molecule has 0 unspecified atom stereocenters. The summed E-state index contributed by atoms with van der Waals surface area (Å²) in [7, 11) is 0. The van der Waals surface area contributed by atoms with Gasteiger partial charge < -0.3 is 34.4 Å². The molecule has 0 atom stereocenters. The number of aliphatic imine (C=N–C) groups is 1. The van der Waals surface area contributed by atoms with Gasteiger partial charge in [-0.1, -0.05) is 29.8 Å². The van der Waals surface area contributed by atoms with Crippen molar-refractivity contribution >= 4 is 82.9 Å². The van der Waals surface area contributed by atoms with Gasteiger partial charge in [-0.25, -0.2) is 15.0 Å². The minimum Gasteiger partial charge on any atom is -0.384 e. The topological polar surface area (TPSA) is 249 Å². The molecule has 3 rings (SSSR count). The molecule has 33 heavy (non-hydrogen) atoms. The number of carbonyl (C=O) groups is 1. The number of rotatable bonds is 3. The SMILES string of the molecule is Cl.Cl.NC(N)=NC(=O)c1nc(Cl)c(N)nc1N.Nc1ccc(N=Nc2ccccc2)c(N)n1. The van der Waals surface area contributed by atoms with Crippen LogP contribution in [0.1, 0.15) is 10.5 Å². The molecule has 0 aliphatic rings. The van der Waals surface area contributed by atoms with E-state index in [-0.39, 0.29) is 53.1 Å². The third kappa shape index (κ3) is 8.98. The molecule has 0 radical (unpaired) electrons. The Labute approximate surface area is 205 Å². The number of azo groups is 1. The van der Waals surface area contributed by atoms with Crippen molar-refractivity contribution in [1.82, 2.24) is 15.0 Å². The van der Waals surface area contributed by atoms with Crippen LogP contribution in [0.2, 0.25) is 5.15 Å². The highest BCUT2D eigenvalue weighted by atomic mass is 35.5. The second kappa shape index (κ2) is 13.5. The lowest BCUT2D eigenvalue weighted by molar-refractivity contribution is 0.0998. The number of pyridine rings is 1. The number of amides is 1. The maximum atomic E-state index is 11.3. The highest BCUT2D eigenvalue weighted by Crippen LogP contribution is 2.23. The summed E-state index contributed by atoms with van der Waals surface area (Å²) in [6, 6.07) is 12.7. The molecule has 0 fully saturated rings. The molecule has 12 N–H and O–H groups in total. The summed E-state index contributed by atoms with van der Waals surface area (Å²) < 4.78 is 0. The van der Waals surface area contributed by atoms with Crippen molar-refractivity contribution in [1.29, 1.82) is 0 Å². The summed E-state index contributed by atoms with van der Waals surface area (Å²) >= 11 is 5.55. The number of nitrogen functional groups attached to an aromatic ring is 4. The number of guanidine groups is 1. The summed E-state index contributed by atoms with van der Waals surface area (Å²) in [5, 5.41) is 7.89. The van der Waals surface area contributed by atoms with Crippen LogP contribution >= 0.6 is 36.4 Å². The second-order valence-corrected chi connectivity index (χ2v) is 6.01. The average molecular weight is 516 g/mol. The number of aromatic nitrogens is 3. The number of nitrogens with zero attached hydrogens (tertiary/aromatic N) is 6. The number of halogens is 3. The molecule has 1 amide bonds. The van der Waals surface area contributed by atoms with Crippen LogP contribution in [0.4, 0.5) is 34.6 Å². The van der Waals surface area contributed by atoms with Crippen LogP contribution in [0, 0.1) is 0 Å². The zero-order valence-corrected chi connectivity index (χ0v) is 19.2. The standard InChI is InChI=1S/C11H11N5.C6H8ClN7O.2ClH/c12-10-7-6-9(11(13)14-10)16-15-8-4-2-1-3-5-8;7-2-4(9)13-3(8)1(12-2)5(15)14-6(10)11;;/h1-7H,(H4,12,13,14);(H4,8,9,13)(H4,10,11,14,15);2*1H. The maximum absolute atomic E-state index is 11.3. The zero-order valence-electron chi connectivity index (χ0n) is 16.8. The van der Waals surface area contributed by atoms with Gasteiger partial charge in [0, 0.05) is 0 Å². The highest BCUT2D eigenvalue weighted by Gasteiger charge is 2.15. The van der Waals surface area contributed by atoms with Crippen LogP contribution in [-0.2, 0) is 0 Å². The Balaban J connectivity index is 0.000000587. The van der Waals surface area contributed by atoms with Gasteiger partial charge in [0.2, 0.25) is 0 Å². The predicted molar refractivity (Wildman–Crippen MR) is 134 cm³/mol. The van der Waals surface area contributed by atoms with Gasteiger partial charge in [-0.05, 0) is 24.3 Å². The van der Waals surface area contributed by atoms with Crippen molar-refractivity contribution in [3.8, 4) is 0 Å². The fourth-order valence-electron chi connectivity index (χ4n) is 1.94. The minimum atomic E-state index is -0.832. The van der Waals surface area contributed by atoms with E-state index >= 15 is 0 Å². The summed E-state index contributed by atoms with van der Waals surface area (Å²) in [5.74, 6) is -0.853. The lowest BCUT2D eigenvalue weighted by Crippen LogP contribution is -2.24. The normalized spacial score (nSPS) is 9.61. The van der Waals surface area contributed by atoms with Crippen LogP contribution < -0.4 is 34.4 Å². The molecule has 3 aromatic rings. The molecule has 1 aromatic carbocycles. The van der Waals surface area contributed by atoms with Crippen molar-refractivity contribution in [3.63, 3.8) is 0 Å². The van der Waals surface area contributed by atoms with E-state index in [9.17, 15) is 4.79 Å². The third-order valence-corrected chi connectivity index (χ3v) is 3.57. The number of hydrogen-bond donors (Lipinski definition) is 6. The molecule has 0 aliphatic carbocycles. The molecule has 0 saturated carbocycles. The Hall–Kier alpha value is -3.94. The number of benzene rings is 1. The van der Waals surface area contributed by atoms with Crippen LogP contribution in [-0.4, -0.2) is 26.8 Å². The van der Waals surface area contributed by atoms with Crippen molar-refractivity contribution in [3.05, 3.63) is 53.3 Å². The van der Waals surface area contributed by atoms with E-state index in [0.717, 1.165) is 5.69 Å². The number of hydrogen-bond acceptors (Lipinski definition) is 10. The van der Waals surface area contributed by atoms with E-state index in [0.29, 0.717) is 11.5 Å². The maximum Gasteiger partial charge on any atom is 0.302 e.